The molecule has 0 unspecified atom stereocenters. The molecule has 0 aliphatic heterocycles. The van der Waals surface area contributed by atoms with Gasteiger partial charge in [0.1, 0.15) is 0 Å². The SMILES string of the molecule is c1ccc(-c2ccccc2-c2c(-c3ncc(-c4ccccc4)c(-c4ccccc4)c3-c3ccnnn3)[se]c3ccccc23)cc1. The van der Waals surface area contributed by atoms with Gasteiger partial charge in [0, 0.05) is 0 Å². The molecule has 0 saturated heterocycles. The van der Waals surface area contributed by atoms with Gasteiger partial charge in [-0.15, -0.1) is 0 Å². The van der Waals surface area contributed by atoms with Gasteiger partial charge in [-0.05, 0) is 0 Å². The molecule has 0 bridgehead atoms. The first-order valence-corrected chi connectivity index (χ1v) is 16.5. The molecule has 45 heavy (non-hydrogen) atoms. The van der Waals surface area contributed by atoms with Crippen LogP contribution in [-0.2, 0) is 0 Å². The van der Waals surface area contributed by atoms with Crippen LogP contribution in [0, 0.1) is 0 Å². The standard InChI is InChI=1S/C40H26N4Se/c1-4-14-27(15-5-1)30-20-10-11-21-31(30)37-32-22-12-13-23-35(32)45-40(37)39-38(34-24-25-42-44-43-34)36(29-18-8-3-9-19-29)33(26-41-39)28-16-6-2-7-17-28/h1-26H. The number of hydrogen-bond acceptors (Lipinski definition) is 4. The Kier molecular flexibility index (Phi) is 7.16. The van der Waals surface area contributed by atoms with Gasteiger partial charge in [0.25, 0.3) is 0 Å². The summed E-state index contributed by atoms with van der Waals surface area (Å²) in [5.41, 5.74) is 11.8. The average Bonchev–Trinajstić information content (AvgIpc) is 3.52. The van der Waals surface area contributed by atoms with E-state index in [2.05, 4.69) is 149 Å². The van der Waals surface area contributed by atoms with Crippen LogP contribution in [0.25, 0.3) is 75.5 Å². The fraction of sp³-hybridized carbons (Fsp3) is 0. The van der Waals surface area contributed by atoms with E-state index in [-0.39, 0.29) is 14.5 Å². The zero-order valence-electron chi connectivity index (χ0n) is 24.2. The molecule has 0 atom stereocenters. The van der Waals surface area contributed by atoms with Gasteiger partial charge in [-0.25, -0.2) is 0 Å². The summed E-state index contributed by atoms with van der Waals surface area (Å²) in [6.07, 6.45) is 3.75. The first-order chi connectivity index (χ1) is 22.4. The van der Waals surface area contributed by atoms with Gasteiger partial charge in [0.2, 0.25) is 0 Å². The maximum atomic E-state index is 5.33. The Labute approximate surface area is 267 Å². The van der Waals surface area contributed by atoms with Crippen molar-refractivity contribution in [1.82, 2.24) is 20.4 Å². The average molecular weight is 642 g/mol. The monoisotopic (exact) mass is 642 g/mol. The predicted octanol–water partition coefficient (Wildman–Crippen LogP) is 9.48. The zero-order valence-corrected chi connectivity index (χ0v) is 25.9. The number of rotatable bonds is 6. The minimum atomic E-state index is 0.000155. The maximum absolute atomic E-state index is 5.33. The molecule has 8 aromatic rings. The summed E-state index contributed by atoms with van der Waals surface area (Å²) in [7, 11) is 0. The molecule has 5 aromatic carbocycles. The summed E-state index contributed by atoms with van der Waals surface area (Å²) in [6, 6.07) is 51.1. The molecule has 3 aromatic heterocycles. The van der Waals surface area contributed by atoms with Crippen LogP contribution in [0.3, 0.4) is 0 Å². The van der Waals surface area contributed by atoms with E-state index in [4.69, 9.17) is 4.98 Å². The van der Waals surface area contributed by atoms with Crippen molar-refractivity contribution < 1.29 is 0 Å². The number of benzene rings is 5. The first kappa shape index (κ1) is 27.1. The van der Waals surface area contributed by atoms with Gasteiger partial charge in [-0.1, -0.05) is 0 Å². The summed E-state index contributed by atoms with van der Waals surface area (Å²) in [5, 5.41) is 14.0. The third kappa shape index (κ3) is 4.98. The summed E-state index contributed by atoms with van der Waals surface area (Å²) in [6.45, 7) is 0. The second kappa shape index (κ2) is 11.9. The Hall–Kier alpha value is -5.48. The zero-order chi connectivity index (χ0) is 30.0. The molecule has 0 aliphatic carbocycles. The van der Waals surface area contributed by atoms with Crippen LogP contribution < -0.4 is 0 Å². The van der Waals surface area contributed by atoms with Crippen LogP contribution in [0.5, 0.6) is 0 Å². The molecule has 0 fully saturated rings. The second-order valence-electron chi connectivity index (χ2n) is 10.7. The Bertz CT molecular complexity index is 2250. The van der Waals surface area contributed by atoms with Crippen molar-refractivity contribution in [2.45, 2.75) is 0 Å². The van der Waals surface area contributed by atoms with Crippen LogP contribution in [0.15, 0.2) is 158 Å². The second-order valence-corrected chi connectivity index (χ2v) is 12.9. The molecule has 3 heterocycles. The number of pyridine rings is 1. The number of aromatic nitrogens is 4. The quantitative estimate of drug-likeness (QED) is 0.170. The number of nitrogens with zero attached hydrogens (tertiary/aromatic N) is 4. The number of hydrogen-bond donors (Lipinski definition) is 0. The Morgan fingerprint density at radius 2 is 1.07 bits per heavy atom. The van der Waals surface area contributed by atoms with E-state index < -0.39 is 0 Å². The van der Waals surface area contributed by atoms with Crippen LogP contribution in [-0.4, -0.2) is 34.9 Å². The molecule has 5 heteroatoms. The van der Waals surface area contributed by atoms with Crippen molar-refractivity contribution in [1.29, 1.82) is 0 Å². The summed E-state index contributed by atoms with van der Waals surface area (Å²) in [5.74, 6) is 0. The third-order valence-electron chi connectivity index (χ3n) is 8.08. The topological polar surface area (TPSA) is 51.6 Å². The Balaban J connectivity index is 1.50. The van der Waals surface area contributed by atoms with Crippen molar-refractivity contribution in [3.63, 3.8) is 0 Å². The molecule has 0 aliphatic rings. The minimum absolute atomic E-state index is 0.000155. The third-order valence-corrected chi connectivity index (χ3v) is 10.5. The van der Waals surface area contributed by atoms with Crippen molar-refractivity contribution in [2.24, 2.45) is 0 Å². The van der Waals surface area contributed by atoms with Crippen molar-refractivity contribution >= 4 is 24.1 Å². The van der Waals surface area contributed by atoms with E-state index >= 15 is 0 Å². The molecule has 0 N–H and O–H groups in total. The van der Waals surface area contributed by atoms with E-state index in [1.807, 2.05) is 18.3 Å². The van der Waals surface area contributed by atoms with E-state index in [0.717, 1.165) is 39.2 Å². The van der Waals surface area contributed by atoms with Gasteiger partial charge in [0.05, 0.1) is 0 Å². The molecule has 0 saturated carbocycles. The normalized spacial score (nSPS) is 11.1. The van der Waals surface area contributed by atoms with E-state index in [1.165, 1.54) is 36.3 Å². The van der Waals surface area contributed by atoms with Gasteiger partial charge in [0.15, 0.2) is 0 Å². The number of fused-ring (bicyclic) bond motifs is 1. The molecule has 0 amide bonds. The van der Waals surface area contributed by atoms with Gasteiger partial charge < -0.3 is 0 Å². The van der Waals surface area contributed by atoms with Crippen LogP contribution in [0.4, 0.5) is 0 Å². The molecule has 8 rings (SSSR count). The molecule has 0 spiro atoms. The van der Waals surface area contributed by atoms with E-state index in [0.29, 0.717) is 0 Å². The van der Waals surface area contributed by atoms with Crippen molar-refractivity contribution in [2.75, 3.05) is 0 Å². The fourth-order valence-electron chi connectivity index (χ4n) is 6.10. The first-order valence-electron chi connectivity index (χ1n) is 14.8. The van der Waals surface area contributed by atoms with Gasteiger partial charge in [-0.2, -0.15) is 0 Å². The molecular weight excluding hydrogens is 615 g/mol. The van der Waals surface area contributed by atoms with Gasteiger partial charge >= 0.3 is 268 Å². The van der Waals surface area contributed by atoms with E-state index in [9.17, 15) is 0 Å². The van der Waals surface area contributed by atoms with Crippen molar-refractivity contribution in [3.05, 3.63) is 158 Å². The Morgan fingerprint density at radius 3 is 1.76 bits per heavy atom. The molecular formula is C40H26N4Se. The Morgan fingerprint density at radius 1 is 0.467 bits per heavy atom. The molecule has 0 radical (unpaired) electrons. The van der Waals surface area contributed by atoms with E-state index in [1.54, 1.807) is 6.20 Å². The summed E-state index contributed by atoms with van der Waals surface area (Å²) < 4.78 is 2.58. The summed E-state index contributed by atoms with van der Waals surface area (Å²) >= 11 is 0.000155. The molecule has 212 valence electrons. The van der Waals surface area contributed by atoms with Crippen LogP contribution in [0.1, 0.15) is 0 Å². The van der Waals surface area contributed by atoms with Crippen LogP contribution in [0.2, 0.25) is 0 Å². The van der Waals surface area contributed by atoms with Gasteiger partial charge in [-0.3, -0.25) is 0 Å². The molecule has 4 nitrogen and oxygen atoms in total. The van der Waals surface area contributed by atoms with Crippen LogP contribution >= 0.6 is 0 Å². The summed E-state index contributed by atoms with van der Waals surface area (Å²) in [4.78, 5) is 5.33. The predicted molar refractivity (Wildman–Crippen MR) is 185 cm³/mol. The van der Waals surface area contributed by atoms with Crippen molar-refractivity contribution in [3.8, 4) is 65.9 Å². The fourth-order valence-corrected chi connectivity index (χ4v) is 8.66.